The van der Waals surface area contributed by atoms with Crippen molar-refractivity contribution < 1.29 is 4.39 Å². The molecule has 3 heteroatoms. The van der Waals surface area contributed by atoms with Crippen molar-refractivity contribution in [1.82, 2.24) is 9.97 Å². The molecule has 2 aromatic heterocycles. The Morgan fingerprint density at radius 3 is 2.27 bits per heavy atom. The van der Waals surface area contributed by atoms with Gasteiger partial charge in [0.05, 0.1) is 17.6 Å². The number of rotatable bonds is 1. The molecule has 0 fully saturated rings. The highest BCUT2D eigenvalue weighted by Crippen LogP contribution is 2.16. The molecule has 0 aliphatic rings. The Kier molecular flexibility index (Phi) is 2.46. The minimum absolute atomic E-state index is 0.331. The summed E-state index contributed by atoms with van der Waals surface area (Å²) in [6.45, 7) is 4.02. The Labute approximate surface area is 87.8 Å². The molecule has 2 nitrogen and oxygen atoms in total. The van der Waals surface area contributed by atoms with Crippen molar-refractivity contribution in [2.45, 2.75) is 13.8 Å². The van der Waals surface area contributed by atoms with Crippen molar-refractivity contribution in [3.8, 4) is 11.4 Å². The molecule has 2 aromatic rings. The zero-order valence-electron chi connectivity index (χ0n) is 8.66. The van der Waals surface area contributed by atoms with E-state index < -0.39 is 0 Å². The maximum Gasteiger partial charge on any atom is 0.141 e. The van der Waals surface area contributed by atoms with Gasteiger partial charge in [0, 0.05) is 6.20 Å². The maximum atomic E-state index is 12.7. The summed E-state index contributed by atoms with van der Waals surface area (Å²) in [5.41, 5.74) is 3.77. The summed E-state index contributed by atoms with van der Waals surface area (Å²) in [5.74, 6) is -0.331. The van der Waals surface area contributed by atoms with E-state index in [-0.39, 0.29) is 5.82 Å². The van der Waals surface area contributed by atoms with Crippen LogP contribution >= 0.6 is 0 Å². The van der Waals surface area contributed by atoms with Crippen LogP contribution in [0.3, 0.4) is 0 Å². The average Bonchev–Trinajstić information content (AvgIpc) is 2.23. The highest BCUT2D eigenvalue weighted by Gasteiger charge is 2.02. The number of nitrogens with zero attached hydrogens (tertiary/aromatic N) is 2. The molecule has 0 saturated heterocycles. The Morgan fingerprint density at radius 1 is 0.933 bits per heavy atom. The first-order valence-corrected chi connectivity index (χ1v) is 4.72. The molecule has 15 heavy (non-hydrogen) atoms. The standard InChI is InChI=1S/C12H11FN2/c1-8-5-12(14-6-9(8)2)11-4-3-10(13)7-15-11/h3-7H,1-2H3. The Balaban J connectivity index is 2.45. The molecule has 0 spiro atoms. The monoisotopic (exact) mass is 202 g/mol. The van der Waals surface area contributed by atoms with Gasteiger partial charge in [-0.15, -0.1) is 0 Å². The van der Waals surface area contributed by atoms with Crippen molar-refractivity contribution in [3.63, 3.8) is 0 Å². The van der Waals surface area contributed by atoms with E-state index in [1.54, 1.807) is 12.3 Å². The lowest BCUT2D eigenvalue weighted by Crippen LogP contribution is -1.90. The number of pyridine rings is 2. The van der Waals surface area contributed by atoms with E-state index in [1.165, 1.54) is 12.3 Å². The van der Waals surface area contributed by atoms with E-state index in [0.29, 0.717) is 5.69 Å². The molecule has 0 aliphatic carbocycles. The zero-order valence-corrected chi connectivity index (χ0v) is 8.66. The van der Waals surface area contributed by atoms with E-state index in [2.05, 4.69) is 9.97 Å². The fraction of sp³-hybridized carbons (Fsp3) is 0.167. The van der Waals surface area contributed by atoms with Crippen LogP contribution in [0.15, 0.2) is 30.6 Å². The second-order valence-electron chi connectivity index (χ2n) is 3.52. The summed E-state index contributed by atoms with van der Waals surface area (Å²) in [6.07, 6.45) is 3.00. The minimum Gasteiger partial charge on any atom is -0.254 e. The first-order chi connectivity index (χ1) is 7.16. The number of hydrogen-bond acceptors (Lipinski definition) is 2. The van der Waals surface area contributed by atoms with Crippen molar-refractivity contribution in [1.29, 1.82) is 0 Å². The van der Waals surface area contributed by atoms with E-state index in [9.17, 15) is 4.39 Å². The zero-order chi connectivity index (χ0) is 10.8. The van der Waals surface area contributed by atoms with Gasteiger partial charge in [0.15, 0.2) is 0 Å². The van der Waals surface area contributed by atoms with Crippen LogP contribution in [0.25, 0.3) is 11.4 Å². The van der Waals surface area contributed by atoms with E-state index in [0.717, 1.165) is 16.8 Å². The Morgan fingerprint density at radius 2 is 1.67 bits per heavy atom. The maximum absolute atomic E-state index is 12.7. The SMILES string of the molecule is Cc1cnc(-c2ccc(F)cn2)cc1C. The highest BCUT2D eigenvalue weighted by atomic mass is 19.1. The third kappa shape index (κ3) is 2.01. The van der Waals surface area contributed by atoms with Crippen LogP contribution in [0.1, 0.15) is 11.1 Å². The molecular formula is C12H11FN2. The van der Waals surface area contributed by atoms with Crippen molar-refractivity contribution in [2.75, 3.05) is 0 Å². The summed E-state index contributed by atoms with van der Waals surface area (Å²) >= 11 is 0. The third-order valence-electron chi connectivity index (χ3n) is 2.36. The van der Waals surface area contributed by atoms with Gasteiger partial charge in [-0.1, -0.05) is 0 Å². The highest BCUT2D eigenvalue weighted by molar-refractivity contribution is 5.55. The minimum atomic E-state index is -0.331. The Bertz CT molecular complexity index is 477. The normalized spacial score (nSPS) is 10.3. The number of hydrogen-bond donors (Lipinski definition) is 0. The van der Waals surface area contributed by atoms with Gasteiger partial charge in [-0.3, -0.25) is 9.97 Å². The summed E-state index contributed by atoms with van der Waals surface area (Å²) in [7, 11) is 0. The topological polar surface area (TPSA) is 25.8 Å². The number of aromatic nitrogens is 2. The van der Waals surface area contributed by atoms with Crippen molar-refractivity contribution in [2.24, 2.45) is 0 Å². The molecule has 0 unspecified atom stereocenters. The van der Waals surface area contributed by atoms with Crippen LogP contribution in [0.2, 0.25) is 0 Å². The first-order valence-electron chi connectivity index (χ1n) is 4.72. The second-order valence-corrected chi connectivity index (χ2v) is 3.52. The van der Waals surface area contributed by atoms with Crippen LogP contribution < -0.4 is 0 Å². The lowest BCUT2D eigenvalue weighted by molar-refractivity contribution is 0.622. The molecular weight excluding hydrogens is 191 g/mol. The fourth-order valence-corrected chi connectivity index (χ4v) is 1.29. The quantitative estimate of drug-likeness (QED) is 0.710. The summed E-state index contributed by atoms with van der Waals surface area (Å²) in [6, 6.07) is 4.97. The van der Waals surface area contributed by atoms with Crippen LogP contribution in [0.4, 0.5) is 4.39 Å². The van der Waals surface area contributed by atoms with Gasteiger partial charge in [0.25, 0.3) is 0 Å². The number of aryl methyl sites for hydroxylation is 2. The fourth-order valence-electron chi connectivity index (χ4n) is 1.29. The third-order valence-corrected chi connectivity index (χ3v) is 2.36. The van der Waals surface area contributed by atoms with Gasteiger partial charge in [0.2, 0.25) is 0 Å². The van der Waals surface area contributed by atoms with Gasteiger partial charge in [-0.05, 0) is 43.2 Å². The van der Waals surface area contributed by atoms with E-state index >= 15 is 0 Å². The molecule has 0 N–H and O–H groups in total. The predicted octanol–water partition coefficient (Wildman–Crippen LogP) is 2.90. The molecule has 0 radical (unpaired) electrons. The largest absolute Gasteiger partial charge is 0.254 e. The van der Waals surface area contributed by atoms with Crippen molar-refractivity contribution in [3.05, 3.63) is 47.5 Å². The molecule has 0 aliphatic heterocycles. The average molecular weight is 202 g/mol. The van der Waals surface area contributed by atoms with Crippen molar-refractivity contribution >= 4 is 0 Å². The molecule has 76 valence electrons. The molecule has 0 aromatic carbocycles. The van der Waals surface area contributed by atoms with Gasteiger partial charge < -0.3 is 0 Å². The van der Waals surface area contributed by atoms with Crippen LogP contribution in [0, 0.1) is 19.7 Å². The molecule has 2 heterocycles. The molecule has 2 rings (SSSR count). The van der Waals surface area contributed by atoms with Gasteiger partial charge in [-0.25, -0.2) is 4.39 Å². The smallest absolute Gasteiger partial charge is 0.141 e. The van der Waals surface area contributed by atoms with Crippen LogP contribution in [0.5, 0.6) is 0 Å². The second kappa shape index (κ2) is 3.77. The lowest BCUT2D eigenvalue weighted by atomic mass is 10.1. The molecule has 0 atom stereocenters. The van der Waals surface area contributed by atoms with Crippen LogP contribution in [-0.4, -0.2) is 9.97 Å². The molecule has 0 saturated carbocycles. The Hall–Kier alpha value is -1.77. The first kappa shape index (κ1) is 9.77. The van der Waals surface area contributed by atoms with E-state index in [4.69, 9.17) is 0 Å². The van der Waals surface area contributed by atoms with Crippen LogP contribution in [-0.2, 0) is 0 Å². The molecule has 0 amide bonds. The van der Waals surface area contributed by atoms with Gasteiger partial charge in [-0.2, -0.15) is 0 Å². The summed E-state index contributed by atoms with van der Waals surface area (Å²) < 4.78 is 12.7. The molecule has 0 bridgehead atoms. The van der Waals surface area contributed by atoms with Gasteiger partial charge >= 0.3 is 0 Å². The number of halogens is 1. The van der Waals surface area contributed by atoms with E-state index in [1.807, 2.05) is 19.9 Å². The lowest BCUT2D eigenvalue weighted by Gasteiger charge is -2.03. The predicted molar refractivity (Wildman–Crippen MR) is 56.9 cm³/mol. The summed E-state index contributed by atoms with van der Waals surface area (Å²) in [5, 5.41) is 0. The summed E-state index contributed by atoms with van der Waals surface area (Å²) in [4.78, 5) is 8.24. The van der Waals surface area contributed by atoms with Gasteiger partial charge in [0.1, 0.15) is 5.82 Å².